The molecule has 4 heterocycles. The van der Waals surface area contributed by atoms with Crippen LogP contribution in [0.5, 0.6) is 0 Å². The van der Waals surface area contributed by atoms with Gasteiger partial charge in [0, 0.05) is 63.7 Å². The minimum Gasteiger partial charge on any atom is -0.378 e. The molecule has 0 aromatic carbocycles. The number of piperidine rings is 2. The molecule has 0 radical (unpaired) electrons. The Labute approximate surface area is 184 Å². The Kier molecular flexibility index (Phi) is 5.88. The van der Waals surface area contributed by atoms with Crippen molar-refractivity contribution in [2.24, 2.45) is 11.3 Å². The van der Waals surface area contributed by atoms with Gasteiger partial charge < -0.3 is 19.7 Å². The van der Waals surface area contributed by atoms with E-state index in [1.165, 1.54) is 0 Å². The third-order valence-electron chi connectivity index (χ3n) is 6.94. The lowest BCUT2D eigenvalue weighted by Crippen LogP contribution is -2.50. The van der Waals surface area contributed by atoms with Crippen LogP contribution in [0.25, 0.3) is 0 Å². The van der Waals surface area contributed by atoms with E-state index in [4.69, 9.17) is 0 Å². The van der Waals surface area contributed by atoms with Gasteiger partial charge in [0.05, 0.1) is 0 Å². The van der Waals surface area contributed by atoms with Gasteiger partial charge in [-0.1, -0.05) is 20.8 Å². The van der Waals surface area contributed by atoms with Gasteiger partial charge in [-0.15, -0.1) is 0 Å². The average molecular weight is 429 g/mol. The molecular weight excluding hydrogens is 392 g/mol. The minimum atomic E-state index is -0.0143. The number of amides is 2. The molecule has 170 valence electrons. The van der Waals surface area contributed by atoms with E-state index < -0.39 is 0 Å². The number of hydrogen-bond donors (Lipinski definition) is 1. The quantitative estimate of drug-likeness (QED) is 0.803. The summed E-state index contributed by atoms with van der Waals surface area (Å²) in [5.74, 6) is 0.918. The average Bonchev–Trinajstić information content (AvgIpc) is 2.69. The number of carbonyl (C=O) groups is 2. The van der Waals surface area contributed by atoms with Crippen molar-refractivity contribution in [3.63, 3.8) is 0 Å². The molecule has 2 amide bonds. The number of carbonyl (C=O) groups excluding carboxylic acids is 2. The van der Waals surface area contributed by atoms with Crippen molar-refractivity contribution >= 4 is 17.5 Å². The predicted octanol–water partition coefficient (Wildman–Crippen LogP) is 2.65. The summed E-state index contributed by atoms with van der Waals surface area (Å²) in [4.78, 5) is 41.5. The van der Waals surface area contributed by atoms with Crippen LogP contribution in [-0.4, -0.2) is 58.4 Å². The molecule has 3 aliphatic rings. The van der Waals surface area contributed by atoms with Crippen LogP contribution in [0.1, 0.15) is 65.0 Å². The second-order valence-corrected chi connectivity index (χ2v) is 10.8. The summed E-state index contributed by atoms with van der Waals surface area (Å²) < 4.78 is 1.94. The first-order valence-corrected chi connectivity index (χ1v) is 11.6. The summed E-state index contributed by atoms with van der Waals surface area (Å²) >= 11 is 0. The van der Waals surface area contributed by atoms with Gasteiger partial charge in [0.2, 0.25) is 11.8 Å². The van der Waals surface area contributed by atoms with Gasteiger partial charge in [-0.2, -0.15) is 0 Å². The first-order chi connectivity index (χ1) is 14.6. The first-order valence-electron chi connectivity index (χ1n) is 11.6. The Morgan fingerprint density at radius 2 is 1.77 bits per heavy atom. The van der Waals surface area contributed by atoms with Crippen LogP contribution in [0.4, 0.5) is 5.69 Å². The van der Waals surface area contributed by atoms with Crippen molar-refractivity contribution in [2.45, 2.75) is 71.9 Å². The van der Waals surface area contributed by atoms with E-state index in [0.717, 1.165) is 44.6 Å². The lowest BCUT2D eigenvalue weighted by atomic mass is 9.82. The lowest BCUT2D eigenvalue weighted by molar-refractivity contribution is -0.136. The molecule has 0 aliphatic carbocycles. The highest BCUT2D eigenvalue weighted by Crippen LogP contribution is 2.36. The molecule has 2 fully saturated rings. The summed E-state index contributed by atoms with van der Waals surface area (Å²) in [6.45, 7) is 11.5. The number of pyridine rings is 1. The van der Waals surface area contributed by atoms with E-state index >= 15 is 0 Å². The third-order valence-corrected chi connectivity index (χ3v) is 6.94. The SMILES string of the molecule is CC(=O)N1CCC(Nc2ccc3n(c2=O)CC2CC3CN(C(=O)CC(C)(C)C)C2)CC1. The molecule has 3 aliphatic heterocycles. The smallest absolute Gasteiger partial charge is 0.274 e. The van der Waals surface area contributed by atoms with Crippen LogP contribution in [0.2, 0.25) is 0 Å². The molecule has 0 saturated carbocycles. The Hall–Kier alpha value is -2.31. The number of aromatic nitrogens is 1. The first kappa shape index (κ1) is 21.9. The van der Waals surface area contributed by atoms with Crippen molar-refractivity contribution in [1.82, 2.24) is 14.4 Å². The topological polar surface area (TPSA) is 74.7 Å². The second-order valence-electron chi connectivity index (χ2n) is 10.8. The van der Waals surface area contributed by atoms with Crippen molar-refractivity contribution in [3.8, 4) is 0 Å². The fraction of sp³-hybridized carbons (Fsp3) is 0.708. The fourth-order valence-electron chi connectivity index (χ4n) is 5.38. The van der Waals surface area contributed by atoms with Crippen LogP contribution < -0.4 is 10.9 Å². The Balaban J connectivity index is 1.46. The van der Waals surface area contributed by atoms with Crippen LogP contribution in [0.3, 0.4) is 0 Å². The molecule has 4 rings (SSSR count). The van der Waals surface area contributed by atoms with Gasteiger partial charge in [0.15, 0.2) is 0 Å². The molecule has 2 atom stereocenters. The van der Waals surface area contributed by atoms with Crippen molar-refractivity contribution in [1.29, 1.82) is 0 Å². The van der Waals surface area contributed by atoms with E-state index in [1.807, 2.05) is 20.4 Å². The molecule has 2 bridgehead atoms. The zero-order chi connectivity index (χ0) is 22.3. The summed E-state index contributed by atoms with van der Waals surface area (Å²) in [5, 5.41) is 3.44. The summed E-state index contributed by atoms with van der Waals surface area (Å²) in [6, 6.07) is 4.21. The van der Waals surface area contributed by atoms with Gasteiger partial charge >= 0.3 is 0 Å². The minimum absolute atomic E-state index is 0.0143. The molecule has 31 heavy (non-hydrogen) atoms. The Morgan fingerprint density at radius 1 is 1.06 bits per heavy atom. The van der Waals surface area contributed by atoms with Gasteiger partial charge in [0.1, 0.15) is 5.69 Å². The number of likely N-dealkylation sites (tertiary alicyclic amines) is 2. The monoisotopic (exact) mass is 428 g/mol. The molecule has 1 N–H and O–H groups in total. The summed E-state index contributed by atoms with van der Waals surface area (Å²) in [7, 11) is 0. The summed E-state index contributed by atoms with van der Waals surface area (Å²) in [5.41, 5.74) is 1.76. The van der Waals surface area contributed by atoms with Gasteiger partial charge in [-0.3, -0.25) is 14.4 Å². The maximum Gasteiger partial charge on any atom is 0.274 e. The van der Waals surface area contributed by atoms with Crippen LogP contribution in [0.15, 0.2) is 16.9 Å². The zero-order valence-corrected chi connectivity index (χ0v) is 19.3. The van der Waals surface area contributed by atoms with E-state index in [1.54, 1.807) is 6.92 Å². The fourth-order valence-corrected chi connectivity index (χ4v) is 5.38. The molecule has 7 heteroatoms. The summed E-state index contributed by atoms with van der Waals surface area (Å²) in [6.07, 6.45) is 3.33. The standard InChI is InChI=1S/C24H36N4O3/c1-16(29)26-9-7-19(8-10-26)25-20-5-6-21-18-11-17(14-28(21)23(20)31)13-27(15-18)22(30)12-24(2,3)4/h5-6,17-19,25H,7-15H2,1-4H3. The third kappa shape index (κ3) is 4.80. The number of anilines is 1. The van der Waals surface area contributed by atoms with Gasteiger partial charge in [-0.25, -0.2) is 0 Å². The maximum atomic E-state index is 13.2. The van der Waals surface area contributed by atoms with Gasteiger partial charge in [0.25, 0.3) is 5.56 Å². The molecule has 7 nitrogen and oxygen atoms in total. The Bertz CT molecular complexity index is 908. The van der Waals surface area contributed by atoms with Crippen molar-refractivity contribution in [3.05, 3.63) is 28.2 Å². The molecule has 2 saturated heterocycles. The highest BCUT2D eigenvalue weighted by Gasteiger charge is 2.37. The highest BCUT2D eigenvalue weighted by molar-refractivity contribution is 5.77. The number of rotatable bonds is 3. The molecular formula is C24H36N4O3. The normalized spacial score (nSPS) is 24.0. The molecule has 1 aromatic heterocycles. The lowest BCUT2D eigenvalue weighted by Gasteiger charge is -2.43. The predicted molar refractivity (Wildman–Crippen MR) is 121 cm³/mol. The Morgan fingerprint density at radius 3 is 2.42 bits per heavy atom. The second kappa shape index (κ2) is 8.32. The van der Waals surface area contributed by atoms with Crippen LogP contribution in [0, 0.1) is 11.3 Å². The number of hydrogen-bond acceptors (Lipinski definition) is 4. The number of nitrogens with zero attached hydrogens (tertiary/aromatic N) is 3. The largest absolute Gasteiger partial charge is 0.378 e. The number of nitrogens with one attached hydrogen (secondary N) is 1. The molecule has 2 unspecified atom stereocenters. The molecule has 0 spiro atoms. The van der Waals surface area contributed by atoms with Gasteiger partial charge in [-0.05, 0) is 42.7 Å². The molecule has 1 aromatic rings. The van der Waals surface area contributed by atoms with E-state index in [-0.39, 0.29) is 34.7 Å². The van der Waals surface area contributed by atoms with E-state index in [0.29, 0.717) is 31.1 Å². The van der Waals surface area contributed by atoms with Crippen LogP contribution >= 0.6 is 0 Å². The van der Waals surface area contributed by atoms with Crippen LogP contribution in [-0.2, 0) is 16.1 Å². The van der Waals surface area contributed by atoms with Crippen molar-refractivity contribution < 1.29 is 9.59 Å². The van der Waals surface area contributed by atoms with E-state index in [2.05, 4.69) is 32.2 Å². The number of fused-ring (bicyclic) bond motifs is 4. The highest BCUT2D eigenvalue weighted by atomic mass is 16.2. The zero-order valence-electron chi connectivity index (χ0n) is 19.3. The van der Waals surface area contributed by atoms with E-state index in [9.17, 15) is 14.4 Å². The van der Waals surface area contributed by atoms with Crippen molar-refractivity contribution in [2.75, 3.05) is 31.5 Å². The maximum absolute atomic E-state index is 13.2.